The van der Waals surface area contributed by atoms with Crippen LogP contribution in [0.15, 0.2) is 36.5 Å². The van der Waals surface area contributed by atoms with Gasteiger partial charge in [0.2, 0.25) is 0 Å². The Morgan fingerprint density at radius 1 is 1.15 bits per heavy atom. The van der Waals surface area contributed by atoms with Crippen molar-refractivity contribution in [2.75, 3.05) is 6.54 Å². The van der Waals surface area contributed by atoms with Crippen LogP contribution in [0.2, 0.25) is 0 Å². The largest absolute Gasteiger partial charge is 0.433 e. The number of benzene rings is 1. The number of pyridine rings is 1. The van der Waals surface area contributed by atoms with E-state index in [1.165, 1.54) is 40.0 Å². The maximum atomic E-state index is 12.7. The van der Waals surface area contributed by atoms with Crippen LogP contribution in [0.5, 0.6) is 0 Å². The monoisotopic (exact) mass is 373 g/mol. The van der Waals surface area contributed by atoms with E-state index in [0.29, 0.717) is 6.42 Å². The fourth-order valence-electron chi connectivity index (χ4n) is 3.88. The molecular weight excluding hydrogens is 351 g/mol. The van der Waals surface area contributed by atoms with Crippen molar-refractivity contribution in [1.82, 2.24) is 14.9 Å². The van der Waals surface area contributed by atoms with Gasteiger partial charge in [-0.05, 0) is 47.7 Å². The van der Waals surface area contributed by atoms with Crippen molar-refractivity contribution in [3.8, 4) is 0 Å². The highest BCUT2D eigenvalue weighted by Gasteiger charge is 2.32. The molecule has 1 aliphatic heterocycles. The number of halogens is 3. The van der Waals surface area contributed by atoms with Crippen molar-refractivity contribution < 1.29 is 13.2 Å². The smallest absolute Gasteiger partial charge is 0.344 e. The summed E-state index contributed by atoms with van der Waals surface area (Å²) in [5, 5.41) is 4.74. The third-order valence-corrected chi connectivity index (χ3v) is 5.34. The van der Waals surface area contributed by atoms with Crippen LogP contribution in [-0.4, -0.2) is 16.1 Å². The molecule has 0 aliphatic carbocycles. The van der Waals surface area contributed by atoms with Crippen LogP contribution >= 0.6 is 0 Å². The Bertz CT molecular complexity index is 955. The van der Waals surface area contributed by atoms with Gasteiger partial charge in [-0.3, -0.25) is 4.98 Å². The second kappa shape index (κ2) is 7.00. The third-order valence-electron chi connectivity index (χ3n) is 5.34. The van der Waals surface area contributed by atoms with Crippen LogP contribution in [0.4, 0.5) is 13.2 Å². The molecule has 1 aromatic carbocycles. The first-order valence-electron chi connectivity index (χ1n) is 9.33. The lowest BCUT2D eigenvalue weighted by molar-refractivity contribution is -0.141. The SMILES string of the molecule is CCc1ccc2c(c1)c1c(n2CCc2ccc(C(F)(F)F)nc2)CCNC1. The first-order chi connectivity index (χ1) is 13.0. The molecule has 1 aliphatic rings. The standard InChI is InChI=1S/C21H22F3N3/c1-2-14-3-5-18-16(11-14)17-13-25-9-7-19(17)27(18)10-8-15-4-6-20(26-12-15)21(22,23)24/h3-6,11-12,25H,2,7-10,13H2,1H3. The zero-order chi connectivity index (χ0) is 19.0. The highest BCUT2D eigenvalue weighted by molar-refractivity contribution is 5.86. The number of aryl methyl sites for hydroxylation is 3. The number of rotatable bonds is 4. The topological polar surface area (TPSA) is 29.9 Å². The summed E-state index contributed by atoms with van der Waals surface area (Å²) in [4.78, 5) is 3.58. The molecule has 0 spiro atoms. The molecule has 3 nitrogen and oxygen atoms in total. The van der Waals surface area contributed by atoms with E-state index in [2.05, 4.69) is 40.0 Å². The van der Waals surface area contributed by atoms with Crippen LogP contribution in [-0.2, 0) is 38.5 Å². The third kappa shape index (κ3) is 3.46. The van der Waals surface area contributed by atoms with Gasteiger partial charge in [0.25, 0.3) is 0 Å². The highest BCUT2D eigenvalue weighted by atomic mass is 19.4. The number of nitrogens with zero attached hydrogens (tertiary/aromatic N) is 2. The Morgan fingerprint density at radius 3 is 2.67 bits per heavy atom. The second-order valence-corrected chi connectivity index (χ2v) is 7.01. The Hall–Kier alpha value is -2.34. The molecule has 0 unspecified atom stereocenters. The molecule has 2 aromatic heterocycles. The van der Waals surface area contributed by atoms with Crippen LogP contribution < -0.4 is 5.32 Å². The average Bonchev–Trinajstić information content (AvgIpc) is 2.99. The molecule has 3 aromatic rings. The fourth-order valence-corrected chi connectivity index (χ4v) is 3.88. The van der Waals surface area contributed by atoms with E-state index in [9.17, 15) is 13.2 Å². The van der Waals surface area contributed by atoms with Crippen LogP contribution in [0.25, 0.3) is 10.9 Å². The minimum atomic E-state index is -4.39. The summed E-state index contributed by atoms with van der Waals surface area (Å²) in [6, 6.07) is 9.22. The second-order valence-electron chi connectivity index (χ2n) is 7.01. The van der Waals surface area contributed by atoms with E-state index < -0.39 is 11.9 Å². The van der Waals surface area contributed by atoms with E-state index in [1.807, 2.05) is 0 Å². The van der Waals surface area contributed by atoms with Crippen molar-refractivity contribution in [3.05, 3.63) is 64.6 Å². The molecular formula is C21H22F3N3. The summed E-state index contributed by atoms with van der Waals surface area (Å²) >= 11 is 0. The van der Waals surface area contributed by atoms with Crippen molar-refractivity contribution in [2.45, 2.75) is 45.5 Å². The molecule has 0 atom stereocenters. The number of alkyl halides is 3. The van der Waals surface area contributed by atoms with Gasteiger partial charge in [-0.2, -0.15) is 13.2 Å². The average molecular weight is 373 g/mol. The summed E-state index contributed by atoms with van der Waals surface area (Å²) in [5.74, 6) is 0. The maximum absolute atomic E-state index is 12.7. The Labute approximate surface area is 156 Å². The number of hydrogen-bond acceptors (Lipinski definition) is 2. The molecule has 3 heterocycles. The predicted octanol–water partition coefficient (Wildman–Crippen LogP) is 4.51. The fraction of sp³-hybridized carbons (Fsp3) is 0.381. The maximum Gasteiger partial charge on any atom is 0.433 e. The molecule has 6 heteroatoms. The van der Waals surface area contributed by atoms with Gasteiger partial charge in [0.15, 0.2) is 0 Å². The van der Waals surface area contributed by atoms with E-state index in [4.69, 9.17) is 0 Å². The molecule has 0 saturated heterocycles. The van der Waals surface area contributed by atoms with Crippen molar-refractivity contribution in [3.63, 3.8) is 0 Å². The lowest BCUT2D eigenvalue weighted by Crippen LogP contribution is -2.24. The zero-order valence-corrected chi connectivity index (χ0v) is 15.2. The van der Waals surface area contributed by atoms with Gasteiger partial charge in [0, 0.05) is 48.8 Å². The van der Waals surface area contributed by atoms with Gasteiger partial charge in [-0.25, -0.2) is 0 Å². The van der Waals surface area contributed by atoms with Gasteiger partial charge in [-0.1, -0.05) is 19.1 Å². The molecule has 27 heavy (non-hydrogen) atoms. The number of nitrogens with one attached hydrogen (secondary N) is 1. The molecule has 0 bridgehead atoms. The summed E-state index contributed by atoms with van der Waals surface area (Å²) in [6.45, 7) is 4.71. The molecule has 1 N–H and O–H groups in total. The normalized spacial score (nSPS) is 14.5. The molecule has 0 fully saturated rings. The highest BCUT2D eigenvalue weighted by Crippen LogP contribution is 2.30. The summed E-state index contributed by atoms with van der Waals surface area (Å²) < 4.78 is 40.4. The molecule has 142 valence electrons. The minimum Gasteiger partial charge on any atom is -0.344 e. The van der Waals surface area contributed by atoms with Crippen molar-refractivity contribution in [2.24, 2.45) is 0 Å². The number of fused-ring (bicyclic) bond motifs is 3. The van der Waals surface area contributed by atoms with E-state index in [1.54, 1.807) is 0 Å². The summed E-state index contributed by atoms with van der Waals surface area (Å²) in [7, 11) is 0. The van der Waals surface area contributed by atoms with E-state index in [0.717, 1.165) is 44.1 Å². The molecule has 0 amide bonds. The van der Waals surface area contributed by atoms with E-state index >= 15 is 0 Å². The summed E-state index contributed by atoms with van der Waals surface area (Å²) in [6.07, 6.45) is -0.419. The Kier molecular flexibility index (Phi) is 4.68. The van der Waals surface area contributed by atoms with Crippen molar-refractivity contribution >= 4 is 10.9 Å². The Balaban J connectivity index is 1.64. The van der Waals surface area contributed by atoms with Gasteiger partial charge >= 0.3 is 6.18 Å². The van der Waals surface area contributed by atoms with Crippen LogP contribution in [0.1, 0.15) is 35.0 Å². The first kappa shape index (κ1) is 18.0. The van der Waals surface area contributed by atoms with Gasteiger partial charge in [0.05, 0.1) is 0 Å². The molecule has 0 radical (unpaired) electrons. The van der Waals surface area contributed by atoms with Gasteiger partial charge in [0.1, 0.15) is 5.69 Å². The minimum absolute atomic E-state index is 0.657. The summed E-state index contributed by atoms with van der Waals surface area (Å²) in [5.41, 5.74) is 5.21. The lowest BCUT2D eigenvalue weighted by Gasteiger charge is -2.17. The van der Waals surface area contributed by atoms with Crippen LogP contribution in [0, 0.1) is 0 Å². The lowest BCUT2D eigenvalue weighted by atomic mass is 10.0. The number of hydrogen-bond donors (Lipinski definition) is 1. The molecule has 0 saturated carbocycles. The van der Waals surface area contributed by atoms with Crippen LogP contribution in [0.3, 0.4) is 0 Å². The molecule has 4 rings (SSSR count). The Morgan fingerprint density at radius 2 is 1.96 bits per heavy atom. The van der Waals surface area contributed by atoms with Crippen molar-refractivity contribution in [1.29, 1.82) is 0 Å². The first-order valence-corrected chi connectivity index (χ1v) is 9.33. The zero-order valence-electron chi connectivity index (χ0n) is 15.2. The number of aromatic nitrogens is 2. The quantitative estimate of drug-likeness (QED) is 0.729. The van der Waals surface area contributed by atoms with Gasteiger partial charge in [-0.15, -0.1) is 0 Å². The van der Waals surface area contributed by atoms with E-state index in [-0.39, 0.29) is 0 Å². The van der Waals surface area contributed by atoms with Gasteiger partial charge < -0.3 is 9.88 Å². The predicted molar refractivity (Wildman–Crippen MR) is 99.7 cm³/mol.